The van der Waals surface area contributed by atoms with Crippen molar-refractivity contribution >= 4 is 11.7 Å². The summed E-state index contributed by atoms with van der Waals surface area (Å²) in [5, 5.41) is 8.65. The summed E-state index contributed by atoms with van der Waals surface area (Å²) >= 11 is 0. The Morgan fingerprint density at radius 2 is 2.21 bits per heavy atom. The van der Waals surface area contributed by atoms with Gasteiger partial charge in [0.25, 0.3) is 0 Å². The van der Waals surface area contributed by atoms with Crippen molar-refractivity contribution in [3.63, 3.8) is 0 Å². The smallest absolute Gasteiger partial charge is 0.307 e. The Labute approximate surface area is 83.0 Å². The average Bonchev–Trinajstić information content (AvgIpc) is 1.99. The zero-order chi connectivity index (χ0) is 9.97. The van der Waals surface area contributed by atoms with Crippen molar-refractivity contribution in [2.75, 3.05) is 18.0 Å². The van der Waals surface area contributed by atoms with Crippen molar-refractivity contribution < 1.29 is 9.90 Å². The summed E-state index contributed by atoms with van der Waals surface area (Å²) in [7, 11) is 0. The van der Waals surface area contributed by atoms with E-state index < -0.39 is 5.97 Å². The molecule has 1 aromatic carbocycles. The molecule has 1 saturated heterocycles. The number of aliphatic carboxylic acids is 1. The molecule has 1 N–H and O–H groups in total. The van der Waals surface area contributed by atoms with Gasteiger partial charge in [0.2, 0.25) is 0 Å². The largest absolute Gasteiger partial charge is 0.481 e. The van der Waals surface area contributed by atoms with Crippen LogP contribution in [0.3, 0.4) is 0 Å². The number of rotatable bonds is 3. The van der Waals surface area contributed by atoms with Crippen LogP contribution in [0.1, 0.15) is 12.0 Å². The first-order valence-electron chi connectivity index (χ1n) is 4.81. The van der Waals surface area contributed by atoms with Crippen LogP contribution >= 0.6 is 0 Å². The maximum atomic E-state index is 10.5. The minimum atomic E-state index is -0.772. The lowest BCUT2D eigenvalue weighted by molar-refractivity contribution is -0.136. The van der Waals surface area contributed by atoms with Crippen molar-refractivity contribution in [1.82, 2.24) is 0 Å². The SMILES string of the molecule is O=C(O)Cc1cccc(N2CCC2)c1. The topological polar surface area (TPSA) is 40.5 Å². The van der Waals surface area contributed by atoms with E-state index in [1.165, 1.54) is 6.42 Å². The van der Waals surface area contributed by atoms with Crippen LogP contribution in [-0.4, -0.2) is 24.2 Å². The fraction of sp³-hybridized carbons (Fsp3) is 0.364. The lowest BCUT2D eigenvalue weighted by Crippen LogP contribution is -2.36. The van der Waals surface area contributed by atoms with Gasteiger partial charge in [0, 0.05) is 18.8 Å². The third-order valence-electron chi connectivity index (χ3n) is 2.49. The Kier molecular flexibility index (Phi) is 2.39. The van der Waals surface area contributed by atoms with E-state index in [4.69, 9.17) is 5.11 Å². The molecule has 0 amide bonds. The molecule has 0 aliphatic carbocycles. The van der Waals surface area contributed by atoms with Crippen LogP contribution < -0.4 is 4.90 Å². The molecule has 0 bridgehead atoms. The first-order chi connectivity index (χ1) is 6.75. The second-order valence-electron chi connectivity index (χ2n) is 3.58. The van der Waals surface area contributed by atoms with Gasteiger partial charge in [-0.1, -0.05) is 12.1 Å². The molecule has 3 nitrogen and oxygen atoms in total. The highest BCUT2D eigenvalue weighted by Gasteiger charge is 2.14. The summed E-state index contributed by atoms with van der Waals surface area (Å²) in [5.74, 6) is -0.772. The first kappa shape index (κ1) is 9.06. The van der Waals surface area contributed by atoms with E-state index in [0.29, 0.717) is 0 Å². The molecule has 0 spiro atoms. The standard InChI is InChI=1S/C11H13NO2/c13-11(14)8-9-3-1-4-10(7-9)12-5-2-6-12/h1,3-4,7H,2,5-6,8H2,(H,13,14). The van der Waals surface area contributed by atoms with Crippen LogP contribution in [0.2, 0.25) is 0 Å². The van der Waals surface area contributed by atoms with Crippen molar-refractivity contribution in [3.8, 4) is 0 Å². The molecular weight excluding hydrogens is 178 g/mol. The van der Waals surface area contributed by atoms with Gasteiger partial charge in [-0.2, -0.15) is 0 Å². The van der Waals surface area contributed by atoms with E-state index in [2.05, 4.69) is 4.90 Å². The number of carboxylic acids is 1. The van der Waals surface area contributed by atoms with Gasteiger partial charge < -0.3 is 10.0 Å². The van der Waals surface area contributed by atoms with E-state index in [-0.39, 0.29) is 6.42 Å². The summed E-state index contributed by atoms with van der Waals surface area (Å²) in [6.07, 6.45) is 1.35. The highest BCUT2D eigenvalue weighted by molar-refractivity contribution is 5.71. The fourth-order valence-corrected chi connectivity index (χ4v) is 1.61. The summed E-state index contributed by atoms with van der Waals surface area (Å²) < 4.78 is 0. The van der Waals surface area contributed by atoms with Crippen LogP contribution in [0.15, 0.2) is 24.3 Å². The Morgan fingerprint density at radius 1 is 1.43 bits per heavy atom. The molecule has 0 aromatic heterocycles. The van der Waals surface area contributed by atoms with E-state index >= 15 is 0 Å². The van der Waals surface area contributed by atoms with Crippen molar-refractivity contribution in [3.05, 3.63) is 29.8 Å². The van der Waals surface area contributed by atoms with Crippen LogP contribution in [-0.2, 0) is 11.2 Å². The maximum Gasteiger partial charge on any atom is 0.307 e. The fourth-order valence-electron chi connectivity index (χ4n) is 1.61. The number of hydrogen-bond acceptors (Lipinski definition) is 2. The Bertz CT molecular complexity index is 345. The molecule has 0 atom stereocenters. The lowest BCUT2D eigenvalue weighted by Gasteiger charge is -2.33. The molecule has 1 aliphatic heterocycles. The molecule has 0 unspecified atom stereocenters. The summed E-state index contributed by atoms with van der Waals surface area (Å²) in [6, 6.07) is 7.78. The van der Waals surface area contributed by atoms with Crippen LogP contribution in [0, 0.1) is 0 Å². The highest BCUT2D eigenvalue weighted by atomic mass is 16.4. The molecule has 1 aliphatic rings. The molecule has 1 aromatic rings. The predicted molar refractivity (Wildman–Crippen MR) is 54.6 cm³/mol. The number of hydrogen-bond donors (Lipinski definition) is 1. The van der Waals surface area contributed by atoms with Crippen molar-refractivity contribution in [1.29, 1.82) is 0 Å². The van der Waals surface area contributed by atoms with Gasteiger partial charge in [0.05, 0.1) is 6.42 Å². The van der Waals surface area contributed by atoms with Gasteiger partial charge in [-0.05, 0) is 24.1 Å². The molecule has 2 rings (SSSR count). The lowest BCUT2D eigenvalue weighted by atomic mass is 10.1. The number of anilines is 1. The van der Waals surface area contributed by atoms with Crippen molar-refractivity contribution in [2.45, 2.75) is 12.8 Å². The van der Waals surface area contributed by atoms with Gasteiger partial charge in [-0.15, -0.1) is 0 Å². The second-order valence-corrected chi connectivity index (χ2v) is 3.58. The second kappa shape index (κ2) is 3.70. The minimum Gasteiger partial charge on any atom is -0.481 e. The number of benzene rings is 1. The van der Waals surface area contributed by atoms with Gasteiger partial charge in [-0.25, -0.2) is 0 Å². The molecular formula is C11H13NO2. The minimum absolute atomic E-state index is 0.113. The van der Waals surface area contributed by atoms with Gasteiger partial charge in [-0.3, -0.25) is 4.79 Å². The third kappa shape index (κ3) is 1.87. The Hall–Kier alpha value is -1.51. The normalized spacial score (nSPS) is 15.0. The molecule has 1 fully saturated rings. The van der Waals surface area contributed by atoms with E-state index in [1.54, 1.807) is 0 Å². The van der Waals surface area contributed by atoms with E-state index in [9.17, 15) is 4.79 Å². The van der Waals surface area contributed by atoms with Crippen LogP contribution in [0.25, 0.3) is 0 Å². The Balaban J connectivity index is 2.13. The molecule has 0 radical (unpaired) electrons. The number of carbonyl (C=O) groups is 1. The van der Waals surface area contributed by atoms with Crippen LogP contribution in [0.5, 0.6) is 0 Å². The predicted octanol–water partition coefficient (Wildman–Crippen LogP) is 1.52. The highest BCUT2D eigenvalue weighted by Crippen LogP contribution is 2.21. The molecule has 14 heavy (non-hydrogen) atoms. The Morgan fingerprint density at radius 3 is 2.79 bits per heavy atom. The summed E-state index contributed by atoms with van der Waals surface area (Å²) in [6.45, 7) is 2.19. The van der Waals surface area contributed by atoms with Crippen LogP contribution in [0.4, 0.5) is 5.69 Å². The third-order valence-corrected chi connectivity index (χ3v) is 2.49. The average molecular weight is 191 g/mol. The molecule has 74 valence electrons. The molecule has 0 saturated carbocycles. The first-order valence-corrected chi connectivity index (χ1v) is 4.81. The zero-order valence-electron chi connectivity index (χ0n) is 7.94. The van der Waals surface area contributed by atoms with Gasteiger partial charge in [0.15, 0.2) is 0 Å². The summed E-state index contributed by atoms with van der Waals surface area (Å²) in [5.41, 5.74) is 2.02. The number of nitrogens with zero attached hydrogens (tertiary/aromatic N) is 1. The van der Waals surface area contributed by atoms with Crippen molar-refractivity contribution in [2.24, 2.45) is 0 Å². The number of carboxylic acid groups (broad SMARTS) is 1. The molecule has 3 heteroatoms. The van der Waals surface area contributed by atoms with E-state index in [1.807, 2.05) is 24.3 Å². The van der Waals surface area contributed by atoms with E-state index in [0.717, 1.165) is 24.3 Å². The zero-order valence-corrected chi connectivity index (χ0v) is 7.94. The maximum absolute atomic E-state index is 10.5. The quantitative estimate of drug-likeness (QED) is 0.787. The van der Waals surface area contributed by atoms with Gasteiger partial charge in [0.1, 0.15) is 0 Å². The molecule has 1 heterocycles. The van der Waals surface area contributed by atoms with Gasteiger partial charge >= 0.3 is 5.97 Å². The summed E-state index contributed by atoms with van der Waals surface area (Å²) in [4.78, 5) is 12.8. The monoisotopic (exact) mass is 191 g/mol.